The van der Waals surface area contributed by atoms with Gasteiger partial charge in [-0.25, -0.2) is 0 Å². The molecule has 6 nitrogen and oxygen atoms in total. The lowest BCUT2D eigenvalue weighted by atomic mass is 10.0. The van der Waals surface area contributed by atoms with Gasteiger partial charge in [0.1, 0.15) is 0 Å². The van der Waals surface area contributed by atoms with Gasteiger partial charge in [-0.1, -0.05) is 84.1 Å². The third-order valence-corrected chi connectivity index (χ3v) is 5.83. The molecule has 0 amide bonds. The number of benzene rings is 3. The van der Waals surface area contributed by atoms with Crippen molar-refractivity contribution in [3.05, 3.63) is 78.9 Å². The van der Waals surface area contributed by atoms with Crippen LogP contribution in [-0.2, 0) is 0 Å². The summed E-state index contributed by atoms with van der Waals surface area (Å²) in [7, 11) is 0. The summed E-state index contributed by atoms with van der Waals surface area (Å²) < 4.78 is 1.81. The Labute approximate surface area is 169 Å². The largest absolute Gasteiger partial charge is 0.275 e. The number of nitrogens with one attached hydrogen (secondary N) is 1. The van der Waals surface area contributed by atoms with Crippen molar-refractivity contribution in [1.82, 2.24) is 30.0 Å². The first-order valence-corrected chi connectivity index (χ1v) is 10.00. The zero-order valence-electron chi connectivity index (χ0n) is 15.1. The first kappa shape index (κ1) is 16.1. The summed E-state index contributed by atoms with van der Waals surface area (Å²) in [5.74, 6) is 0.738. The van der Waals surface area contributed by atoms with Crippen LogP contribution in [0.2, 0.25) is 0 Å². The molecule has 6 rings (SSSR count). The van der Waals surface area contributed by atoms with Crippen LogP contribution in [-0.4, -0.2) is 30.0 Å². The lowest BCUT2D eigenvalue weighted by Crippen LogP contribution is -1.92. The standard InChI is InChI=1S/C22H14N6S/c1-2-8-15(9-3-1)18-13-19(24-23-18)21-27-28-20(25-26-22(28)29-21)17-12-6-10-14-7-4-5-11-16(14)17/h1-13H,(H,23,24). The minimum absolute atomic E-state index is 0.738. The molecule has 0 aliphatic carbocycles. The highest BCUT2D eigenvalue weighted by Crippen LogP contribution is 2.31. The molecule has 0 fully saturated rings. The summed E-state index contributed by atoms with van der Waals surface area (Å²) in [5, 5.41) is 24.2. The van der Waals surface area contributed by atoms with Crippen LogP contribution in [0.4, 0.5) is 0 Å². The lowest BCUT2D eigenvalue weighted by molar-refractivity contribution is 0.965. The van der Waals surface area contributed by atoms with Crippen molar-refractivity contribution in [2.24, 2.45) is 0 Å². The summed E-state index contributed by atoms with van der Waals surface area (Å²) in [6, 6.07) is 26.5. The molecule has 0 aliphatic rings. The van der Waals surface area contributed by atoms with Crippen molar-refractivity contribution in [3.8, 4) is 33.3 Å². The minimum Gasteiger partial charge on any atom is -0.275 e. The summed E-state index contributed by atoms with van der Waals surface area (Å²) in [6.07, 6.45) is 0. The number of aromatic amines is 1. The summed E-state index contributed by atoms with van der Waals surface area (Å²) >= 11 is 1.49. The first-order chi connectivity index (χ1) is 14.4. The quantitative estimate of drug-likeness (QED) is 0.455. The molecule has 7 heteroatoms. The maximum absolute atomic E-state index is 4.77. The maximum atomic E-state index is 4.77. The van der Waals surface area contributed by atoms with E-state index in [1.807, 2.05) is 59.1 Å². The number of hydrogen-bond donors (Lipinski definition) is 1. The highest BCUT2D eigenvalue weighted by atomic mass is 32.1. The Bertz CT molecular complexity index is 1460. The van der Waals surface area contributed by atoms with E-state index in [4.69, 9.17) is 5.10 Å². The molecule has 0 saturated carbocycles. The average molecular weight is 394 g/mol. The number of nitrogens with zero attached hydrogens (tertiary/aromatic N) is 5. The molecule has 138 valence electrons. The third kappa shape index (κ3) is 2.63. The van der Waals surface area contributed by atoms with Crippen molar-refractivity contribution in [1.29, 1.82) is 0 Å². The molecular weight excluding hydrogens is 380 g/mol. The van der Waals surface area contributed by atoms with Gasteiger partial charge in [-0.3, -0.25) is 5.10 Å². The van der Waals surface area contributed by atoms with Gasteiger partial charge in [0.2, 0.25) is 4.96 Å². The predicted octanol–water partition coefficient (Wildman–Crippen LogP) is 5.06. The molecule has 29 heavy (non-hydrogen) atoms. The molecular formula is C22H14N6S. The van der Waals surface area contributed by atoms with E-state index in [0.29, 0.717) is 0 Å². The number of aromatic nitrogens is 6. The number of rotatable bonds is 3. The second kappa shape index (κ2) is 6.35. The van der Waals surface area contributed by atoms with Crippen LogP contribution < -0.4 is 0 Å². The van der Waals surface area contributed by atoms with Gasteiger partial charge in [0.05, 0.1) is 11.4 Å². The summed E-state index contributed by atoms with van der Waals surface area (Å²) in [6.45, 7) is 0. The van der Waals surface area contributed by atoms with Crippen LogP contribution in [0.25, 0.3) is 49.1 Å². The highest BCUT2D eigenvalue weighted by molar-refractivity contribution is 7.19. The molecule has 0 bridgehead atoms. The van der Waals surface area contributed by atoms with E-state index >= 15 is 0 Å². The number of H-pyrrole nitrogens is 1. The molecule has 0 atom stereocenters. The van der Waals surface area contributed by atoms with Gasteiger partial charge < -0.3 is 0 Å². The van der Waals surface area contributed by atoms with E-state index < -0.39 is 0 Å². The van der Waals surface area contributed by atoms with Crippen LogP contribution in [0.15, 0.2) is 78.9 Å². The topological polar surface area (TPSA) is 71.8 Å². The van der Waals surface area contributed by atoms with Gasteiger partial charge in [0, 0.05) is 11.1 Å². The van der Waals surface area contributed by atoms with Crippen LogP contribution in [0.1, 0.15) is 0 Å². The fourth-order valence-corrected chi connectivity index (χ4v) is 4.31. The molecule has 1 N–H and O–H groups in total. The van der Waals surface area contributed by atoms with Crippen molar-refractivity contribution in [3.63, 3.8) is 0 Å². The smallest absolute Gasteiger partial charge is 0.235 e. The molecule has 0 radical (unpaired) electrons. The van der Waals surface area contributed by atoms with Crippen LogP contribution in [0.3, 0.4) is 0 Å². The lowest BCUT2D eigenvalue weighted by Gasteiger charge is -2.03. The van der Waals surface area contributed by atoms with Crippen molar-refractivity contribution in [2.45, 2.75) is 0 Å². The molecule has 3 aromatic heterocycles. The first-order valence-electron chi connectivity index (χ1n) is 9.18. The average Bonchev–Trinajstić information content (AvgIpc) is 3.49. The second-order valence-electron chi connectivity index (χ2n) is 6.68. The fourth-order valence-electron chi connectivity index (χ4n) is 3.50. The van der Waals surface area contributed by atoms with Crippen LogP contribution in [0, 0.1) is 0 Å². The van der Waals surface area contributed by atoms with Crippen molar-refractivity contribution in [2.75, 3.05) is 0 Å². The van der Waals surface area contributed by atoms with Crippen molar-refractivity contribution >= 4 is 27.1 Å². The van der Waals surface area contributed by atoms with E-state index in [1.54, 1.807) is 0 Å². The number of hydrogen-bond acceptors (Lipinski definition) is 5. The molecule has 0 aliphatic heterocycles. The van der Waals surface area contributed by atoms with Gasteiger partial charge >= 0.3 is 0 Å². The normalized spacial score (nSPS) is 11.4. The fraction of sp³-hybridized carbons (Fsp3) is 0. The van der Waals surface area contributed by atoms with Crippen LogP contribution in [0.5, 0.6) is 0 Å². The zero-order chi connectivity index (χ0) is 19.2. The Kier molecular flexibility index (Phi) is 3.54. The van der Waals surface area contributed by atoms with Gasteiger partial charge in [-0.15, -0.1) is 10.2 Å². The molecule has 0 spiro atoms. The Morgan fingerprint density at radius 1 is 0.828 bits per heavy atom. The van der Waals surface area contributed by atoms with Gasteiger partial charge in [-0.05, 0) is 16.8 Å². The van der Waals surface area contributed by atoms with E-state index in [0.717, 1.165) is 43.7 Å². The highest BCUT2D eigenvalue weighted by Gasteiger charge is 2.17. The van der Waals surface area contributed by atoms with E-state index in [2.05, 4.69) is 44.7 Å². The second-order valence-corrected chi connectivity index (χ2v) is 7.64. The Hall–Kier alpha value is -3.84. The number of fused-ring (bicyclic) bond motifs is 2. The Morgan fingerprint density at radius 3 is 2.59 bits per heavy atom. The Morgan fingerprint density at radius 2 is 1.66 bits per heavy atom. The predicted molar refractivity (Wildman–Crippen MR) is 115 cm³/mol. The van der Waals surface area contributed by atoms with Crippen molar-refractivity contribution < 1.29 is 0 Å². The van der Waals surface area contributed by atoms with Gasteiger partial charge in [0.15, 0.2) is 10.8 Å². The zero-order valence-corrected chi connectivity index (χ0v) is 16.0. The molecule has 0 saturated heterocycles. The maximum Gasteiger partial charge on any atom is 0.235 e. The summed E-state index contributed by atoms with van der Waals surface area (Å²) in [5.41, 5.74) is 3.83. The monoisotopic (exact) mass is 394 g/mol. The molecule has 6 aromatic rings. The molecule has 3 heterocycles. The van der Waals surface area contributed by atoms with Gasteiger partial charge in [0.25, 0.3) is 0 Å². The van der Waals surface area contributed by atoms with E-state index in [1.165, 1.54) is 16.7 Å². The Balaban J connectivity index is 1.46. The molecule has 3 aromatic carbocycles. The summed E-state index contributed by atoms with van der Waals surface area (Å²) in [4.78, 5) is 0.749. The molecule has 0 unspecified atom stereocenters. The van der Waals surface area contributed by atoms with E-state index in [9.17, 15) is 0 Å². The minimum atomic E-state index is 0.738. The van der Waals surface area contributed by atoms with E-state index in [-0.39, 0.29) is 0 Å². The third-order valence-electron chi connectivity index (χ3n) is 4.90. The van der Waals surface area contributed by atoms with Gasteiger partial charge in [-0.2, -0.15) is 14.7 Å². The van der Waals surface area contributed by atoms with Crippen LogP contribution >= 0.6 is 11.3 Å². The SMILES string of the molecule is c1ccc(-c2cc(-c3nn4c(-c5cccc6ccccc56)nnc4s3)[nH]n2)cc1.